The van der Waals surface area contributed by atoms with Crippen LogP contribution in [0.5, 0.6) is 0 Å². The van der Waals surface area contributed by atoms with Gasteiger partial charge in [0.1, 0.15) is 5.60 Å². The molecule has 0 bridgehead atoms. The number of rotatable bonds is 6. The van der Waals surface area contributed by atoms with Crippen molar-refractivity contribution >= 4 is 25.6 Å². The molecule has 0 saturated carbocycles. The minimum atomic E-state index is -1.08. The third-order valence-corrected chi connectivity index (χ3v) is 5.67. The molecule has 4 rings (SSSR count). The molecule has 1 heterocycles. The highest BCUT2D eigenvalue weighted by Crippen LogP contribution is 2.36. The lowest BCUT2D eigenvalue weighted by Gasteiger charge is -2.30. The van der Waals surface area contributed by atoms with Gasteiger partial charge in [0, 0.05) is 5.39 Å². The van der Waals surface area contributed by atoms with E-state index in [0.717, 1.165) is 38.6 Å². The highest BCUT2D eigenvalue weighted by Gasteiger charge is 2.31. The molecule has 29 heavy (non-hydrogen) atoms. The average molecular weight is 400 g/mol. The van der Waals surface area contributed by atoms with Gasteiger partial charge in [0.25, 0.3) is 0 Å². The Hall–Kier alpha value is -2.58. The molecule has 0 aliphatic heterocycles. The Kier molecular flexibility index (Phi) is 5.73. The first kappa shape index (κ1) is 19.7. The van der Waals surface area contributed by atoms with E-state index in [0.29, 0.717) is 13.0 Å². The van der Waals surface area contributed by atoms with E-state index in [2.05, 4.69) is 43.8 Å². The second kappa shape index (κ2) is 8.42. The molecule has 146 valence electrons. The van der Waals surface area contributed by atoms with Crippen molar-refractivity contribution in [2.45, 2.75) is 12.0 Å². The van der Waals surface area contributed by atoms with Crippen molar-refractivity contribution < 1.29 is 5.11 Å². The SMILES string of the molecule is CNCCC(O)(c1ccccc1)c1ccc2nc(P)cc(-c3ccccc3)c2c1. The quantitative estimate of drug-likeness (QED) is 0.476. The predicted molar refractivity (Wildman–Crippen MR) is 125 cm³/mol. The van der Waals surface area contributed by atoms with Crippen LogP contribution in [0, 0.1) is 0 Å². The molecule has 0 aliphatic carbocycles. The van der Waals surface area contributed by atoms with Crippen LogP contribution in [-0.4, -0.2) is 23.7 Å². The van der Waals surface area contributed by atoms with E-state index < -0.39 is 5.60 Å². The van der Waals surface area contributed by atoms with Gasteiger partial charge in [-0.05, 0) is 60.5 Å². The van der Waals surface area contributed by atoms with Gasteiger partial charge in [0.2, 0.25) is 0 Å². The molecule has 0 amide bonds. The molecule has 0 aliphatic rings. The normalized spacial score (nSPS) is 13.3. The molecule has 0 fully saturated rings. The molecule has 0 saturated heterocycles. The zero-order chi connectivity index (χ0) is 20.3. The topological polar surface area (TPSA) is 45.1 Å². The number of benzene rings is 3. The van der Waals surface area contributed by atoms with Gasteiger partial charge in [-0.15, -0.1) is 0 Å². The van der Waals surface area contributed by atoms with Crippen LogP contribution < -0.4 is 10.8 Å². The molecule has 1 aromatic heterocycles. The Balaban J connectivity index is 1.92. The minimum Gasteiger partial charge on any atom is -0.380 e. The highest BCUT2D eigenvalue weighted by molar-refractivity contribution is 7.27. The molecule has 4 heteroatoms. The maximum absolute atomic E-state index is 11.8. The summed E-state index contributed by atoms with van der Waals surface area (Å²) >= 11 is 0. The van der Waals surface area contributed by atoms with Crippen LogP contribution in [0.2, 0.25) is 0 Å². The summed E-state index contributed by atoms with van der Waals surface area (Å²) in [5.41, 5.74) is 4.77. The van der Waals surface area contributed by atoms with Crippen molar-refractivity contribution in [3.63, 3.8) is 0 Å². The fourth-order valence-electron chi connectivity index (χ4n) is 3.84. The van der Waals surface area contributed by atoms with Gasteiger partial charge in [-0.3, -0.25) is 0 Å². The first-order chi connectivity index (χ1) is 14.1. The standard InChI is InChI=1S/C25H25N2OP/c1-26-15-14-25(28,19-10-6-3-7-11-19)20-12-13-23-22(16-20)21(17-24(29)27-23)18-8-4-2-5-9-18/h2-13,16-17,26,28H,14-15,29H2,1H3. The molecule has 2 N–H and O–H groups in total. The zero-order valence-electron chi connectivity index (χ0n) is 16.5. The second-order valence-corrected chi connectivity index (χ2v) is 7.86. The van der Waals surface area contributed by atoms with Crippen molar-refractivity contribution in [3.05, 3.63) is 96.1 Å². The summed E-state index contributed by atoms with van der Waals surface area (Å²) in [6, 6.07) is 28.4. The Morgan fingerprint density at radius 3 is 2.28 bits per heavy atom. The molecular weight excluding hydrogens is 375 g/mol. The van der Waals surface area contributed by atoms with Crippen molar-refractivity contribution in [2.75, 3.05) is 13.6 Å². The van der Waals surface area contributed by atoms with Gasteiger partial charge in [-0.2, -0.15) is 0 Å². The van der Waals surface area contributed by atoms with Crippen molar-refractivity contribution in [2.24, 2.45) is 0 Å². The van der Waals surface area contributed by atoms with Gasteiger partial charge < -0.3 is 10.4 Å². The number of aliphatic hydroxyl groups is 1. The number of hydrogen-bond acceptors (Lipinski definition) is 3. The number of hydrogen-bond donors (Lipinski definition) is 2. The Bertz CT molecular complexity index is 1120. The summed E-state index contributed by atoms with van der Waals surface area (Å²) in [6.07, 6.45) is 0.578. The fourth-order valence-corrected chi connectivity index (χ4v) is 4.14. The minimum absolute atomic E-state index is 0.578. The van der Waals surface area contributed by atoms with Crippen molar-refractivity contribution in [3.8, 4) is 11.1 Å². The average Bonchev–Trinajstić information content (AvgIpc) is 2.77. The van der Waals surface area contributed by atoms with E-state index in [9.17, 15) is 5.11 Å². The lowest BCUT2D eigenvalue weighted by molar-refractivity contribution is 0.0718. The number of aromatic nitrogens is 1. The van der Waals surface area contributed by atoms with Gasteiger partial charge in [-0.1, -0.05) is 76.0 Å². The molecule has 3 nitrogen and oxygen atoms in total. The molecule has 2 unspecified atom stereocenters. The first-order valence-electron chi connectivity index (χ1n) is 9.80. The summed E-state index contributed by atoms with van der Waals surface area (Å²) in [5, 5.41) is 16.0. The molecule has 2 atom stereocenters. The lowest BCUT2D eigenvalue weighted by Crippen LogP contribution is -2.31. The Morgan fingerprint density at radius 1 is 0.897 bits per heavy atom. The molecular formula is C25H25N2OP. The van der Waals surface area contributed by atoms with E-state index in [1.54, 1.807) is 0 Å². The largest absolute Gasteiger partial charge is 0.380 e. The van der Waals surface area contributed by atoms with E-state index in [4.69, 9.17) is 0 Å². The van der Waals surface area contributed by atoms with Crippen molar-refractivity contribution in [1.82, 2.24) is 10.3 Å². The zero-order valence-corrected chi connectivity index (χ0v) is 17.6. The van der Waals surface area contributed by atoms with E-state index >= 15 is 0 Å². The summed E-state index contributed by atoms with van der Waals surface area (Å²) in [5.74, 6) is 0. The third-order valence-electron chi connectivity index (χ3n) is 5.38. The highest BCUT2D eigenvalue weighted by atomic mass is 31.0. The van der Waals surface area contributed by atoms with E-state index in [-0.39, 0.29) is 0 Å². The molecule has 4 aromatic rings. The summed E-state index contributed by atoms with van der Waals surface area (Å²) in [7, 11) is 4.60. The van der Waals surface area contributed by atoms with Crippen molar-refractivity contribution in [1.29, 1.82) is 0 Å². The number of pyridine rings is 1. The Labute approximate surface area is 174 Å². The fraction of sp³-hybridized carbons (Fsp3) is 0.160. The molecule has 0 spiro atoms. The molecule has 3 aromatic carbocycles. The third kappa shape index (κ3) is 3.95. The number of fused-ring (bicyclic) bond motifs is 1. The van der Waals surface area contributed by atoms with Crippen LogP contribution in [0.4, 0.5) is 0 Å². The van der Waals surface area contributed by atoms with Crippen LogP contribution in [-0.2, 0) is 5.60 Å². The summed E-state index contributed by atoms with van der Waals surface area (Å²) in [6.45, 7) is 0.706. The van der Waals surface area contributed by atoms with E-state index in [1.807, 2.05) is 67.7 Å². The number of nitrogens with zero attached hydrogens (tertiary/aromatic N) is 1. The van der Waals surface area contributed by atoms with Crippen LogP contribution in [0.15, 0.2) is 84.9 Å². The van der Waals surface area contributed by atoms with Crippen LogP contribution in [0.25, 0.3) is 22.0 Å². The van der Waals surface area contributed by atoms with E-state index in [1.165, 1.54) is 0 Å². The lowest BCUT2D eigenvalue weighted by atomic mass is 9.82. The monoisotopic (exact) mass is 400 g/mol. The maximum Gasteiger partial charge on any atom is 0.116 e. The first-order valence-corrected chi connectivity index (χ1v) is 10.4. The van der Waals surface area contributed by atoms with Crippen LogP contribution in [0.1, 0.15) is 17.5 Å². The van der Waals surface area contributed by atoms with Gasteiger partial charge in [0.05, 0.1) is 11.0 Å². The summed E-state index contributed by atoms with van der Waals surface area (Å²) in [4.78, 5) is 4.69. The maximum atomic E-state index is 11.8. The Morgan fingerprint density at radius 2 is 1.59 bits per heavy atom. The van der Waals surface area contributed by atoms with Gasteiger partial charge >= 0.3 is 0 Å². The second-order valence-electron chi connectivity index (χ2n) is 7.27. The number of nitrogens with one attached hydrogen (secondary N) is 1. The smallest absolute Gasteiger partial charge is 0.116 e. The summed E-state index contributed by atoms with van der Waals surface area (Å²) < 4.78 is 0. The van der Waals surface area contributed by atoms with Gasteiger partial charge in [-0.25, -0.2) is 4.98 Å². The molecule has 0 radical (unpaired) electrons. The van der Waals surface area contributed by atoms with Crippen LogP contribution in [0.3, 0.4) is 0 Å². The van der Waals surface area contributed by atoms with Crippen LogP contribution >= 0.6 is 9.24 Å². The predicted octanol–water partition coefficient (Wildman–Crippen LogP) is 4.25. The van der Waals surface area contributed by atoms with Gasteiger partial charge in [0.15, 0.2) is 0 Å².